The summed E-state index contributed by atoms with van der Waals surface area (Å²) in [6.07, 6.45) is 1.58. The van der Waals surface area contributed by atoms with Gasteiger partial charge in [-0.1, -0.05) is 23.4 Å². The molecule has 6 nitrogen and oxygen atoms in total. The molecular weight excluding hydrogens is 324 g/mol. The number of carbonyl (C=O) groups is 1. The molecule has 0 aliphatic heterocycles. The maximum absolute atomic E-state index is 11.6. The highest BCUT2D eigenvalue weighted by Crippen LogP contribution is 2.11. The third-order valence-corrected chi connectivity index (χ3v) is 4.07. The molecule has 0 saturated heterocycles. The summed E-state index contributed by atoms with van der Waals surface area (Å²) in [6, 6.07) is 11.7. The van der Waals surface area contributed by atoms with Crippen molar-refractivity contribution in [2.75, 3.05) is 25.6 Å². The van der Waals surface area contributed by atoms with Gasteiger partial charge in [0.15, 0.2) is 6.61 Å². The molecule has 0 fully saturated rings. The smallest absolute Gasteiger partial charge is 0.280 e. The van der Waals surface area contributed by atoms with E-state index in [0.717, 1.165) is 21.8 Å². The zero-order valence-corrected chi connectivity index (χ0v) is 14.7. The number of hydrogen-bond acceptors (Lipinski definition) is 6. The van der Waals surface area contributed by atoms with E-state index in [0.29, 0.717) is 0 Å². The molecule has 0 unspecified atom stereocenters. The van der Waals surface area contributed by atoms with E-state index in [1.54, 1.807) is 17.6 Å². The van der Waals surface area contributed by atoms with Crippen LogP contribution in [-0.2, 0) is 9.63 Å². The van der Waals surface area contributed by atoms with Crippen molar-refractivity contribution in [3.05, 3.63) is 52.2 Å². The molecule has 2 aromatic rings. The van der Waals surface area contributed by atoms with E-state index in [9.17, 15) is 4.79 Å². The summed E-state index contributed by atoms with van der Waals surface area (Å²) in [7, 11) is 3.96. The predicted octanol–water partition coefficient (Wildman–Crippen LogP) is 2.71. The number of amides is 1. The second-order valence-corrected chi connectivity index (χ2v) is 6.15. The van der Waals surface area contributed by atoms with Crippen LogP contribution in [0.3, 0.4) is 0 Å². The first kappa shape index (κ1) is 17.7. The Kier molecular flexibility index (Phi) is 6.51. The molecule has 0 saturated carbocycles. The second kappa shape index (κ2) is 8.83. The monoisotopic (exact) mass is 344 g/mol. The van der Waals surface area contributed by atoms with Gasteiger partial charge in [0.05, 0.1) is 16.8 Å². The van der Waals surface area contributed by atoms with E-state index >= 15 is 0 Å². The lowest BCUT2D eigenvalue weighted by Crippen LogP contribution is -2.22. The number of benzene rings is 1. The van der Waals surface area contributed by atoms with Crippen molar-refractivity contribution in [2.45, 2.75) is 6.92 Å². The first-order valence-corrected chi connectivity index (χ1v) is 8.24. The number of rotatable bonds is 7. The SMILES string of the molecule is C/C(=N/OCC(=O)N/N=C\c1ccc(N(C)C)cc1)c1cccs1. The molecule has 1 amide bonds. The minimum Gasteiger partial charge on any atom is -0.385 e. The van der Waals surface area contributed by atoms with Crippen LogP contribution in [0.2, 0.25) is 0 Å². The minimum atomic E-state index is -0.362. The Labute approximate surface area is 145 Å². The Balaban J connectivity index is 1.75. The zero-order chi connectivity index (χ0) is 17.4. The van der Waals surface area contributed by atoms with Crippen LogP contribution in [0.25, 0.3) is 0 Å². The van der Waals surface area contributed by atoms with Gasteiger partial charge in [-0.05, 0) is 36.1 Å². The molecule has 1 N–H and O–H groups in total. The molecule has 0 bridgehead atoms. The molecule has 0 atom stereocenters. The van der Waals surface area contributed by atoms with Gasteiger partial charge in [0.1, 0.15) is 0 Å². The van der Waals surface area contributed by atoms with Crippen LogP contribution in [0.4, 0.5) is 5.69 Å². The lowest BCUT2D eigenvalue weighted by Gasteiger charge is -2.11. The normalized spacial score (nSPS) is 11.5. The van der Waals surface area contributed by atoms with Crippen molar-refractivity contribution in [2.24, 2.45) is 10.3 Å². The molecule has 24 heavy (non-hydrogen) atoms. The van der Waals surface area contributed by atoms with Crippen LogP contribution in [0, 0.1) is 0 Å². The summed E-state index contributed by atoms with van der Waals surface area (Å²) in [5.74, 6) is -0.362. The summed E-state index contributed by atoms with van der Waals surface area (Å²) in [4.78, 5) is 19.7. The van der Waals surface area contributed by atoms with Gasteiger partial charge in [-0.25, -0.2) is 5.43 Å². The fourth-order valence-corrected chi connectivity index (χ4v) is 2.46. The van der Waals surface area contributed by atoms with Gasteiger partial charge < -0.3 is 9.74 Å². The van der Waals surface area contributed by atoms with Gasteiger partial charge in [-0.15, -0.1) is 11.3 Å². The van der Waals surface area contributed by atoms with Crippen molar-refractivity contribution < 1.29 is 9.63 Å². The summed E-state index contributed by atoms with van der Waals surface area (Å²) in [5, 5.41) is 9.77. The van der Waals surface area contributed by atoms with Crippen LogP contribution in [0.15, 0.2) is 52.0 Å². The van der Waals surface area contributed by atoms with E-state index in [-0.39, 0.29) is 12.5 Å². The first-order valence-electron chi connectivity index (χ1n) is 7.36. The highest BCUT2D eigenvalue weighted by Gasteiger charge is 2.02. The molecule has 0 radical (unpaired) electrons. The summed E-state index contributed by atoms with van der Waals surface area (Å²) in [5.41, 5.74) is 5.14. The maximum atomic E-state index is 11.6. The summed E-state index contributed by atoms with van der Waals surface area (Å²) >= 11 is 1.57. The molecule has 0 spiro atoms. The lowest BCUT2D eigenvalue weighted by atomic mass is 10.2. The van der Waals surface area contributed by atoms with Crippen LogP contribution in [0.1, 0.15) is 17.4 Å². The molecule has 0 aliphatic rings. The topological polar surface area (TPSA) is 66.3 Å². The van der Waals surface area contributed by atoms with E-state index in [1.165, 1.54) is 0 Å². The van der Waals surface area contributed by atoms with Gasteiger partial charge in [0.25, 0.3) is 5.91 Å². The van der Waals surface area contributed by atoms with Crippen LogP contribution >= 0.6 is 11.3 Å². The standard InChI is InChI=1S/C17H20N4O2S/c1-13(16-5-4-10-24-16)20-23-12-17(22)19-18-11-14-6-8-15(9-7-14)21(2)3/h4-11H,12H2,1-3H3,(H,19,22)/b18-11-,20-13-. The molecule has 2 rings (SSSR count). The number of nitrogens with one attached hydrogen (secondary N) is 1. The number of carbonyl (C=O) groups excluding carboxylic acids is 1. The number of nitrogens with zero attached hydrogens (tertiary/aromatic N) is 3. The molecule has 1 heterocycles. The highest BCUT2D eigenvalue weighted by atomic mass is 32.1. The Morgan fingerprint density at radius 3 is 2.67 bits per heavy atom. The molecule has 1 aromatic heterocycles. The zero-order valence-electron chi connectivity index (χ0n) is 13.9. The van der Waals surface area contributed by atoms with Gasteiger partial charge in [0.2, 0.25) is 0 Å². The third kappa shape index (κ3) is 5.51. The van der Waals surface area contributed by atoms with Crippen LogP contribution in [0.5, 0.6) is 0 Å². The Hall–Kier alpha value is -2.67. The van der Waals surface area contributed by atoms with Crippen molar-refractivity contribution in [1.29, 1.82) is 0 Å². The van der Waals surface area contributed by atoms with E-state index in [4.69, 9.17) is 4.84 Å². The van der Waals surface area contributed by atoms with Gasteiger partial charge >= 0.3 is 0 Å². The van der Waals surface area contributed by atoms with Crippen molar-refractivity contribution in [1.82, 2.24) is 5.43 Å². The third-order valence-electron chi connectivity index (χ3n) is 3.09. The molecule has 126 valence electrons. The molecule has 0 aliphatic carbocycles. The number of hydrogen-bond donors (Lipinski definition) is 1. The number of anilines is 1. The maximum Gasteiger partial charge on any atom is 0.280 e. The minimum absolute atomic E-state index is 0.181. The van der Waals surface area contributed by atoms with E-state index in [1.807, 2.05) is 67.7 Å². The lowest BCUT2D eigenvalue weighted by molar-refractivity contribution is -0.125. The largest absolute Gasteiger partial charge is 0.385 e. The summed E-state index contributed by atoms with van der Waals surface area (Å²) in [6.45, 7) is 1.65. The number of oxime groups is 1. The van der Waals surface area contributed by atoms with Crippen LogP contribution < -0.4 is 10.3 Å². The average molecular weight is 344 g/mol. The summed E-state index contributed by atoms with van der Waals surface area (Å²) < 4.78 is 0. The quantitative estimate of drug-likeness (QED) is 0.620. The van der Waals surface area contributed by atoms with Crippen molar-refractivity contribution >= 4 is 34.9 Å². The van der Waals surface area contributed by atoms with E-state index < -0.39 is 0 Å². The Bertz CT molecular complexity index is 707. The highest BCUT2D eigenvalue weighted by molar-refractivity contribution is 7.12. The van der Waals surface area contributed by atoms with Gasteiger partial charge in [0, 0.05) is 19.8 Å². The van der Waals surface area contributed by atoms with Gasteiger partial charge in [-0.3, -0.25) is 4.79 Å². The predicted molar refractivity (Wildman–Crippen MR) is 99.0 cm³/mol. The number of hydrazone groups is 1. The van der Waals surface area contributed by atoms with Crippen molar-refractivity contribution in [3.63, 3.8) is 0 Å². The Morgan fingerprint density at radius 2 is 2.04 bits per heavy atom. The Morgan fingerprint density at radius 1 is 1.29 bits per heavy atom. The molecular formula is C17H20N4O2S. The fourth-order valence-electron chi connectivity index (χ4n) is 1.79. The van der Waals surface area contributed by atoms with Gasteiger partial charge in [-0.2, -0.15) is 5.10 Å². The van der Waals surface area contributed by atoms with Crippen LogP contribution in [-0.4, -0.2) is 38.5 Å². The fraction of sp³-hybridized carbons (Fsp3) is 0.235. The number of thiophene rings is 1. The van der Waals surface area contributed by atoms with E-state index in [2.05, 4.69) is 15.7 Å². The van der Waals surface area contributed by atoms with Crippen molar-refractivity contribution in [3.8, 4) is 0 Å². The second-order valence-electron chi connectivity index (χ2n) is 5.21. The molecule has 7 heteroatoms. The average Bonchev–Trinajstić information content (AvgIpc) is 3.10. The molecule has 1 aromatic carbocycles. The first-order chi connectivity index (χ1) is 11.6.